The van der Waals surface area contributed by atoms with Crippen LogP contribution >= 0.6 is 0 Å². The average Bonchev–Trinajstić information content (AvgIpc) is 2.75. The summed E-state index contributed by atoms with van der Waals surface area (Å²) < 4.78 is 84.5. The molecular weight excluding hydrogens is 432 g/mol. The largest absolute Gasteiger partial charge is 0.489 e. The van der Waals surface area contributed by atoms with Crippen LogP contribution in [0.2, 0.25) is 0 Å². The molecule has 3 aromatic rings. The minimum Gasteiger partial charge on any atom is -0.489 e. The second-order valence-electron chi connectivity index (χ2n) is 7.22. The van der Waals surface area contributed by atoms with Crippen LogP contribution in [0, 0.1) is 0 Å². The smallest absolute Gasteiger partial charge is 0.416 e. The van der Waals surface area contributed by atoms with Crippen LogP contribution in [-0.4, -0.2) is 0 Å². The van der Waals surface area contributed by atoms with E-state index in [2.05, 4.69) is 5.32 Å². The molecule has 3 rings (SSSR count). The Morgan fingerprint density at radius 3 is 1.94 bits per heavy atom. The van der Waals surface area contributed by atoms with Crippen molar-refractivity contribution in [1.29, 1.82) is 0 Å². The first kappa shape index (κ1) is 23.5. The lowest BCUT2D eigenvalue weighted by Crippen LogP contribution is -2.12. The topological polar surface area (TPSA) is 21.3 Å². The van der Waals surface area contributed by atoms with E-state index in [1.165, 1.54) is 0 Å². The summed E-state index contributed by atoms with van der Waals surface area (Å²) in [6.45, 7) is 2.22. The fourth-order valence-corrected chi connectivity index (χ4v) is 3.12. The van der Waals surface area contributed by atoms with Gasteiger partial charge in [-0.25, -0.2) is 0 Å². The molecule has 0 saturated heterocycles. The molecule has 0 amide bonds. The zero-order valence-corrected chi connectivity index (χ0v) is 17.1. The fraction of sp³-hybridized carbons (Fsp3) is 0.250. The zero-order chi connectivity index (χ0) is 23.4. The molecule has 0 saturated carbocycles. The minimum atomic E-state index is -4.90. The van der Waals surface area contributed by atoms with Gasteiger partial charge >= 0.3 is 12.4 Å². The van der Waals surface area contributed by atoms with Crippen LogP contribution in [0.15, 0.2) is 66.7 Å². The molecule has 32 heavy (non-hydrogen) atoms. The van der Waals surface area contributed by atoms with Crippen LogP contribution in [0.3, 0.4) is 0 Å². The first-order valence-electron chi connectivity index (χ1n) is 9.88. The van der Waals surface area contributed by atoms with Gasteiger partial charge in [-0.05, 0) is 41.8 Å². The van der Waals surface area contributed by atoms with Gasteiger partial charge in [0.15, 0.2) is 0 Å². The molecule has 1 N–H and O–H groups in total. The molecule has 0 aliphatic heterocycles. The van der Waals surface area contributed by atoms with Crippen LogP contribution < -0.4 is 10.1 Å². The van der Waals surface area contributed by atoms with E-state index in [1.54, 1.807) is 6.07 Å². The maximum atomic E-state index is 13.1. The van der Waals surface area contributed by atoms with E-state index in [-0.39, 0.29) is 24.9 Å². The normalized spacial score (nSPS) is 12.0. The molecule has 0 bridgehead atoms. The quantitative estimate of drug-likeness (QED) is 0.375. The monoisotopic (exact) mass is 453 g/mol. The predicted molar refractivity (Wildman–Crippen MR) is 110 cm³/mol. The summed E-state index contributed by atoms with van der Waals surface area (Å²) >= 11 is 0. The molecule has 0 fully saturated rings. The molecule has 170 valence electrons. The molecule has 0 aliphatic rings. The summed E-state index contributed by atoms with van der Waals surface area (Å²) in [5.41, 5.74) is -0.475. The summed E-state index contributed by atoms with van der Waals surface area (Å²) in [5.74, 6) is 0.501. The summed E-state index contributed by atoms with van der Waals surface area (Å²) in [7, 11) is 0. The highest BCUT2D eigenvalue weighted by atomic mass is 19.4. The Kier molecular flexibility index (Phi) is 7.01. The molecule has 8 heteroatoms. The van der Waals surface area contributed by atoms with Crippen LogP contribution in [0.5, 0.6) is 5.75 Å². The van der Waals surface area contributed by atoms with Crippen LogP contribution in [0.25, 0.3) is 0 Å². The highest BCUT2D eigenvalue weighted by molar-refractivity contribution is 5.52. The van der Waals surface area contributed by atoms with Crippen molar-refractivity contribution in [2.24, 2.45) is 0 Å². The predicted octanol–water partition coefficient (Wildman–Crippen LogP) is 7.48. The molecule has 3 aromatic carbocycles. The van der Waals surface area contributed by atoms with Crippen LogP contribution in [0.4, 0.5) is 32.0 Å². The number of anilines is 1. The Balaban J connectivity index is 1.85. The Labute approximate surface area is 181 Å². The third-order valence-electron chi connectivity index (χ3n) is 4.84. The number of benzene rings is 3. The third kappa shape index (κ3) is 6.18. The lowest BCUT2D eigenvalue weighted by atomic mass is 10.1. The summed E-state index contributed by atoms with van der Waals surface area (Å²) in [6, 6.07) is 16.3. The van der Waals surface area contributed by atoms with Crippen LogP contribution in [0.1, 0.15) is 34.7 Å². The number of alkyl halides is 6. The molecule has 0 aliphatic carbocycles. The number of aryl methyl sites for hydroxylation is 1. The Morgan fingerprint density at radius 2 is 1.38 bits per heavy atom. The molecule has 0 radical (unpaired) electrons. The van der Waals surface area contributed by atoms with Gasteiger partial charge in [0, 0.05) is 17.8 Å². The van der Waals surface area contributed by atoms with Crippen LogP contribution in [-0.2, 0) is 31.9 Å². The Morgan fingerprint density at radius 1 is 0.750 bits per heavy atom. The highest BCUT2D eigenvalue weighted by Crippen LogP contribution is 2.37. The van der Waals surface area contributed by atoms with E-state index in [4.69, 9.17) is 4.74 Å². The lowest BCUT2D eigenvalue weighted by Gasteiger charge is -2.17. The summed E-state index contributed by atoms with van der Waals surface area (Å²) in [4.78, 5) is 0. The molecule has 0 spiro atoms. The van der Waals surface area contributed by atoms with Gasteiger partial charge in [0.2, 0.25) is 0 Å². The van der Waals surface area contributed by atoms with Crippen molar-refractivity contribution >= 4 is 5.69 Å². The van der Waals surface area contributed by atoms with Crippen molar-refractivity contribution in [1.82, 2.24) is 0 Å². The summed E-state index contributed by atoms with van der Waals surface area (Å²) in [5, 5.41) is 2.70. The van der Waals surface area contributed by atoms with E-state index in [9.17, 15) is 26.3 Å². The van der Waals surface area contributed by atoms with Crippen molar-refractivity contribution in [3.05, 3.63) is 94.5 Å². The number of hydrogen-bond acceptors (Lipinski definition) is 2. The SMILES string of the molecule is CCc1ccc(OCc2ccccc2)c(CNc2cc(C(F)(F)F)cc(C(F)(F)F)c2)c1. The van der Waals surface area contributed by atoms with E-state index in [1.807, 2.05) is 49.4 Å². The minimum absolute atomic E-state index is 0.00340. The molecule has 0 unspecified atom stereocenters. The Hall–Kier alpha value is -3.16. The maximum Gasteiger partial charge on any atom is 0.416 e. The molecule has 0 heterocycles. The van der Waals surface area contributed by atoms with Crippen molar-refractivity contribution in [2.45, 2.75) is 38.8 Å². The number of halogens is 6. The van der Waals surface area contributed by atoms with E-state index >= 15 is 0 Å². The lowest BCUT2D eigenvalue weighted by molar-refractivity contribution is -0.143. The average molecular weight is 453 g/mol. The third-order valence-corrected chi connectivity index (χ3v) is 4.84. The number of nitrogens with one attached hydrogen (secondary N) is 1. The van der Waals surface area contributed by atoms with Crippen molar-refractivity contribution in [3.63, 3.8) is 0 Å². The van der Waals surface area contributed by atoms with Crippen molar-refractivity contribution in [3.8, 4) is 5.75 Å². The first-order valence-corrected chi connectivity index (χ1v) is 9.88. The molecule has 2 nitrogen and oxygen atoms in total. The standard InChI is InChI=1S/C24H21F6NO/c1-2-16-8-9-22(32-15-17-6-4-3-5-7-17)18(10-16)14-31-21-12-19(23(25,26)27)11-20(13-21)24(28,29)30/h3-13,31H,2,14-15H2,1H3. The van der Waals surface area contributed by atoms with Gasteiger partial charge in [-0.2, -0.15) is 26.3 Å². The van der Waals surface area contributed by atoms with Gasteiger partial charge in [-0.15, -0.1) is 0 Å². The number of rotatable bonds is 7. The number of hydrogen-bond donors (Lipinski definition) is 1. The molecule has 0 aromatic heterocycles. The highest BCUT2D eigenvalue weighted by Gasteiger charge is 2.36. The van der Waals surface area contributed by atoms with E-state index in [0.29, 0.717) is 29.9 Å². The van der Waals surface area contributed by atoms with Gasteiger partial charge in [-0.3, -0.25) is 0 Å². The van der Waals surface area contributed by atoms with Gasteiger partial charge < -0.3 is 10.1 Å². The van der Waals surface area contributed by atoms with Gasteiger partial charge in [0.1, 0.15) is 12.4 Å². The Bertz CT molecular complexity index is 1010. The van der Waals surface area contributed by atoms with Gasteiger partial charge in [0.25, 0.3) is 0 Å². The first-order chi connectivity index (χ1) is 15.1. The fourth-order valence-electron chi connectivity index (χ4n) is 3.12. The number of ether oxygens (including phenoxy) is 1. The summed E-state index contributed by atoms with van der Waals surface area (Å²) in [6.07, 6.45) is -9.08. The maximum absolute atomic E-state index is 13.1. The van der Waals surface area contributed by atoms with Gasteiger partial charge in [-0.1, -0.05) is 49.4 Å². The van der Waals surface area contributed by atoms with E-state index in [0.717, 1.165) is 11.1 Å². The van der Waals surface area contributed by atoms with E-state index < -0.39 is 23.5 Å². The molecule has 0 atom stereocenters. The van der Waals surface area contributed by atoms with Crippen molar-refractivity contribution in [2.75, 3.05) is 5.32 Å². The molecular formula is C24H21F6NO. The zero-order valence-electron chi connectivity index (χ0n) is 17.1. The second kappa shape index (κ2) is 9.54. The van der Waals surface area contributed by atoms with Gasteiger partial charge in [0.05, 0.1) is 11.1 Å². The van der Waals surface area contributed by atoms with Crippen molar-refractivity contribution < 1.29 is 31.1 Å². The second-order valence-corrected chi connectivity index (χ2v) is 7.22.